The summed E-state index contributed by atoms with van der Waals surface area (Å²) in [4.78, 5) is 10.8. The second-order valence-electron chi connectivity index (χ2n) is 2.46. The summed E-state index contributed by atoms with van der Waals surface area (Å²) < 4.78 is 21.2. The van der Waals surface area contributed by atoms with E-state index in [0.717, 1.165) is 6.26 Å². The van der Waals surface area contributed by atoms with E-state index in [-0.39, 0.29) is 0 Å². The maximum atomic E-state index is 10.8. The fourth-order valence-electron chi connectivity index (χ4n) is 0.584. The molecule has 0 unspecified atom stereocenters. The highest BCUT2D eigenvalue weighted by molar-refractivity contribution is 7.91. The minimum atomic E-state index is -3.21. The number of amides is 1. The summed E-state index contributed by atoms with van der Waals surface area (Å²) in [5, 5.41) is 2.44. The van der Waals surface area contributed by atoms with E-state index in [1.54, 1.807) is 0 Å². The maximum absolute atomic E-state index is 10.8. The van der Waals surface area contributed by atoms with Crippen molar-refractivity contribution in [2.75, 3.05) is 24.4 Å². The second-order valence-corrected chi connectivity index (χ2v) is 4.98. The molecule has 0 spiro atoms. The summed E-state index contributed by atoms with van der Waals surface area (Å²) in [5.74, 6) is -0.461. The fraction of sp³-hybridized carbons (Fsp3) is 0.833. The standard InChI is InChI=1S/C6H12ClNO3S/c1-12(10,11)5-6(9)8-4-2-3-7/h2-5H2,1H3,(H,8,9). The van der Waals surface area contributed by atoms with Crippen LogP contribution < -0.4 is 5.32 Å². The first-order valence-corrected chi connectivity index (χ1v) is 6.05. The minimum Gasteiger partial charge on any atom is -0.355 e. The number of rotatable bonds is 5. The summed E-state index contributed by atoms with van der Waals surface area (Å²) >= 11 is 5.35. The third kappa shape index (κ3) is 7.81. The highest BCUT2D eigenvalue weighted by Crippen LogP contribution is 1.84. The van der Waals surface area contributed by atoms with Crippen LogP contribution in [0, 0.1) is 0 Å². The molecule has 1 amide bonds. The monoisotopic (exact) mass is 213 g/mol. The lowest BCUT2D eigenvalue weighted by Gasteiger charge is -2.01. The van der Waals surface area contributed by atoms with Crippen LogP contribution in [-0.2, 0) is 14.6 Å². The average molecular weight is 214 g/mol. The van der Waals surface area contributed by atoms with E-state index >= 15 is 0 Å². The molecule has 0 saturated carbocycles. The molecule has 72 valence electrons. The van der Waals surface area contributed by atoms with Crippen molar-refractivity contribution in [2.24, 2.45) is 0 Å². The summed E-state index contributed by atoms with van der Waals surface area (Å²) in [5.41, 5.74) is 0. The number of carbonyl (C=O) groups is 1. The minimum absolute atomic E-state index is 0.428. The molecule has 6 heteroatoms. The first-order valence-electron chi connectivity index (χ1n) is 3.46. The predicted molar refractivity (Wildman–Crippen MR) is 48.1 cm³/mol. The van der Waals surface area contributed by atoms with Crippen LogP contribution in [-0.4, -0.2) is 38.8 Å². The molecule has 0 saturated heterocycles. The Kier molecular flexibility index (Phi) is 5.24. The molecule has 0 fully saturated rings. The molecule has 0 radical (unpaired) electrons. The molecule has 0 heterocycles. The summed E-state index contributed by atoms with van der Waals surface area (Å²) in [7, 11) is -3.21. The van der Waals surface area contributed by atoms with Gasteiger partial charge in [0, 0.05) is 18.7 Å². The first-order chi connectivity index (χ1) is 5.45. The molecule has 0 aliphatic rings. The van der Waals surface area contributed by atoms with Crippen LogP contribution in [0.5, 0.6) is 0 Å². The molecule has 0 aromatic heterocycles. The van der Waals surface area contributed by atoms with Crippen LogP contribution in [0.25, 0.3) is 0 Å². The predicted octanol–water partition coefficient (Wildman–Crippen LogP) is -0.224. The lowest BCUT2D eigenvalue weighted by atomic mass is 10.5. The third-order valence-corrected chi connectivity index (χ3v) is 2.08. The molecule has 0 aliphatic heterocycles. The van der Waals surface area contributed by atoms with E-state index in [1.807, 2.05) is 0 Å². The maximum Gasteiger partial charge on any atom is 0.235 e. The SMILES string of the molecule is CS(=O)(=O)CC(=O)NCCCCl. The normalized spacial score (nSPS) is 11.2. The zero-order valence-corrected chi connectivity index (χ0v) is 8.41. The van der Waals surface area contributed by atoms with E-state index in [1.165, 1.54) is 0 Å². The highest BCUT2D eigenvalue weighted by atomic mass is 35.5. The topological polar surface area (TPSA) is 63.2 Å². The lowest BCUT2D eigenvalue weighted by molar-refractivity contribution is -0.118. The number of hydrogen-bond acceptors (Lipinski definition) is 3. The Morgan fingerprint density at radius 3 is 2.50 bits per heavy atom. The number of nitrogens with one attached hydrogen (secondary N) is 1. The van der Waals surface area contributed by atoms with Gasteiger partial charge in [0.15, 0.2) is 9.84 Å². The van der Waals surface area contributed by atoms with Crippen molar-refractivity contribution in [2.45, 2.75) is 6.42 Å². The molecule has 0 aliphatic carbocycles. The Morgan fingerprint density at radius 2 is 2.08 bits per heavy atom. The van der Waals surface area contributed by atoms with Gasteiger partial charge in [0.05, 0.1) is 0 Å². The first kappa shape index (κ1) is 11.7. The van der Waals surface area contributed by atoms with Gasteiger partial charge >= 0.3 is 0 Å². The van der Waals surface area contributed by atoms with Gasteiger partial charge in [-0.15, -0.1) is 11.6 Å². The van der Waals surface area contributed by atoms with Crippen molar-refractivity contribution >= 4 is 27.3 Å². The van der Waals surface area contributed by atoms with Crippen LogP contribution in [0.4, 0.5) is 0 Å². The molecule has 0 aromatic rings. The quantitative estimate of drug-likeness (QED) is 0.507. The molecule has 0 rings (SSSR count). The van der Waals surface area contributed by atoms with E-state index < -0.39 is 21.5 Å². The van der Waals surface area contributed by atoms with Crippen molar-refractivity contribution in [3.05, 3.63) is 0 Å². The number of alkyl halides is 1. The Hall–Kier alpha value is -0.290. The van der Waals surface area contributed by atoms with Crippen LogP contribution >= 0.6 is 11.6 Å². The van der Waals surface area contributed by atoms with Gasteiger partial charge < -0.3 is 5.32 Å². The molecular weight excluding hydrogens is 202 g/mol. The number of halogens is 1. The number of hydrogen-bond donors (Lipinski definition) is 1. The van der Waals surface area contributed by atoms with Gasteiger partial charge in [-0.2, -0.15) is 0 Å². The summed E-state index contributed by atoms with van der Waals surface area (Å²) in [6.07, 6.45) is 1.67. The molecule has 1 N–H and O–H groups in total. The zero-order chi connectivity index (χ0) is 9.61. The average Bonchev–Trinajstić information content (AvgIpc) is 1.84. The Bertz CT molecular complexity index is 237. The molecule has 0 atom stereocenters. The molecular formula is C6H12ClNO3S. The van der Waals surface area contributed by atoms with Gasteiger partial charge in [0.1, 0.15) is 5.75 Å². The fourth-order valence-corrected chi connectivity index (χ4v) is 1.30. The van der Waals surface area contributed by atoms with E-state index in [0.29, 0.717) is 18.8 Å². The Labute approximate surface area is 77.2 Å². The van der Waals surface area contributed by atoms with Crippen LogP contribution in [0.2, 0.25) is 0 Å². The molecule has 0 aromatic carbocycles. The van der Waals surface area contributed by atoms with Crippen molar-refractivity contribution in [3.63, 3.8) is 0 Å². The van der Waals surface area contributed by atoms with Gasteiger partial charge in [0.2, 0.25) is 5.91 Å². The van der Waals surface area contributed by atoms with Crippen molar-refractivity contribution in [3.8, 4) is 0 Å². The van der Waals surface area contributed by atoms with E-state index in [4.69, 9.17) is 11.6 Å². The number of carbonyl (C=O) groups excluding carboxylic acids is 1. The summed E-state index contributed by atoms with van der Waals surface area (Å²) in [6.45, 7) is 0.428. The zero-order valence-electron chi connectivity index (χ0n) is 6.84. The third-order valence-electron chi connectivity index (χ3n) is 1.03. The summed E-state index contributed by atoms with van der Waals surface area (Å²) in [6, 6.07) is 0. The van der Waals surface area contributed by atoms with Gasteiger partial charge in [-0.05, 0) is 6.42 Å². The van der Waals surface area contributed by atoms with Crippen molar-refractivity contribution in [1.82, 2.24) is 5.32 Å². The van der Waals surface area contributed by atoms with Crippen LogP contribution in [0.3, 0.4) is 0 Å². The largest absolute Gasteiger partial charge is 0.355 e. The van der Waals surface area contributed by atoms with Gasteiger partial charge in [-0.3, -0.25) is 4.79 Å². The van der Waals surface area contributed by atoms with Gasteiger partial charge in [-0.25, -0.2) is 8.42 Å². The molecule has 4 nitrogen and oxygen atoms in total. The Morgan fingerprint density at radius 1 is 1.50 bits per heavy atom. The smallest absolute Gasteiger partial charge is 0.235 e. The van der Waals surface area contributed by atoms with Crippen LogP contribution in [0.15, 0.2) is 0 Å². The second kappa shape index (κ2) is 5.37. The highest BCUT2D eigenvalue weighted by Gasteiger charge is 2.09. The van der Waals surface area contributed by atoms with Gasteiger partial charge in [-0.1, -0.05) is 0 Å². The van der Waals surface area contributed by atoms with Crippen molar-refractivity contribution < 1.29 is 13.2 Å². The van der Waals surface area contributed by atoms with Crippen molar-refractivity contribution in [1.29, 1.82) is 0 Å². The van der Waals surface area contributed by atoms with Crippen LogP contribution in [0.1, 0.15) is 6.42 Å². The van der Waals surface area contributed by atoms with E-state index in [2.05, 4.69) is 5.32 Å². The van der Waals surface area contributed by atoms with Gasteiger partial charge in [0.25, 0.3) is 0 Å². The lowest BCUT2D eigenvalue weighted by Crippen LogP contribution is -2.30. The van der Waals surface area contributed by atoms with E-state index in [9.17, 15) is 13.2 Å². The molecule has 12 heavy (non-hydrogen) atoms. The molecule has 0 bridgehead atoms. The number of sulfone groups is 1. The Balaban J connectivity index is 3.62.